The van der Waals surface area contributed by atoms with Crippen LogP contribution in [0.5, 0.6) is 0 Å². The molecule has 0 aliphatic heterocycles. The van der Waals surface area contributed by atoms with Gasteiger partial charge in [0.1, 0.15) is 0 Å². The van der Waals surface area contributed by atoms with Crippen molar-refractivity contribution in [1.82, 2.24) is 4.98 Å². The Kier molecular flexibility index (Phi) is 7.37. The number of alkyl halides is 3. The minimum Gasteiger partial charge on any atom is -0.452 e. The fraction of sp³-hybridized carbons (Fsp3) is 0.0909. The van der Waals surface area contributed by atoms with E-state index in [1.165, 1.54) is 30.7 Å². The van der Waals surface area contributed by atoms with Gasteiger partial charge in [-0.1, -0.05) is 36.4 Å². The average molecular weight is 506 g/mol. The van der Waals surface area contributed by atoms with Crippen molar-refractivity contribution >= 4 is 39.7 Å². The highest BCUT2D eigenvalue weighted by Crippen LogP contribution is 2.31. The van der Waals surface area contributed by atoms with Gasteiger partial charge in [0.05, 0.1) is 23.0 Å². The Morgan fingerprint density at radius 1 is 1.06 bits per heavy atom. The first kappa shape index (κ1) is 23.1. The van der Waals surface area contributed by atoms with Gasteiger partial charge in [-0.25, -0.2) is 4.79 Å². The number of hydrogen-bond acceptors (Lipinski definition) is 5. The number of anilines is 1. The number of hydrogen-bond donors (Lipinski definition) is 0. The van der Waals surface area contributed by atoms with E-state index >= 15 is 0 Å². The quantitative estimate of drug-likeness (QED) is 0.266. The van der Waals surface area contributed by atoms with E-state index in [0.29, 0.717) is 10.0 Å². The molecule has 1 aromatic heterocycles. The van der Waals surface area contributed by atoms with E-state index in [1.807, 2.05) is 0 Å². The molecular weight excluding hydrogens is 491 g/mol. The molecule has 0 N–H and O–H groups in total. The maximum atomic E-state index is 13.1. The molecular formula is C22H15BrF3N3O3. The fourth-order valence-electron chi connectivity index (χ4n) is 2.55. The van der Waals surface area contributed by atoms with Crippen molar-refractivity contribution in [2.75, 3.05) is 11.6 Å². The molecule has 0 saturated carbocycles. The topological polar surface area (TPSA) is 71.9 Å². The van der Waals surface area contributed by atoms with Crippen LogP contribution in [0.15, 0.2) is 82.6 Å². The van der Waals surface area contributed by atoms with Gasteiger partial charge in [-0.2, -0.15) is 23.3 Å². The van der Waals surface area contributed by atoms with Gasteiger partial charge in [-0.05, 0) is 45.8 Å². The van der Waals surface area contributed by atoms with Crippen molar-refractivity contribution in [1.29, 1.82) is 0 Å². The summed E-state index contributed by atoms with van der Waals surface area (Å²) < 4.78 is 45.0. The Morgan fingerprint density at radius 3 is 2.50 bits per heavy atom. The predicted molar refractivity (Wildman–Crippen MR) is 115 cm³/mol. The van der Waals surface area contributed by atoms with Crippen molar-refractivity contribution in [3.63, 3.8) is 0 Å². The second kappa shape index (κ2) is 10.2. The van der Waals surface area contributed by atoms with Crippen LogP contribution in [0.1, 0.15) is 21.5 Å². The third-order valence-corrected chi connectivity index (χ3v) is 4.48. The molecule has 1 heterocycles. The molecule has 0 spiro atoms. The summed E-state index contributed by atoms with van der Waals surface area (Å²) in [5.41, 5.74) is -0.350. The molecule has 0 aliphatic carbocycles. The first-order valence-electron chi connectivity index (χ1n) is 9.11. The molecule has 0 aliphatic rings. The number of hydrazone groups is 1. The number of amides is 1. The maximum absolute atomic E-state index is 13.1. The van der Waals surface area contributed by atoms with Crippen LogP contribution in [0.3, 0.4) is 0 Å². The Balaban J connectivity index is 1.84. The number of benzene rings is 2. The van der Waals surface area contributed by atoms with Gasteiger partial charge >= 0.3 is 12.1 Å². The number of carbonyl (C=O) groups excluding carboxylic acids is 2. The molecule has 0 fully saturated rings. The summed E-state index contributed by atoms with van der Waals surface area (Å²) in [6.07, 6.45) is -0.558. The van der Waals surface area contributed by atoms with Crippen molar-refractivity contribution in [3.05, 3.63) is 94.2 Å². The van der Waals surface area contributed by atoms with E-state index in [-0.39, 0.29) is 11.3 Å². The summed E-state index contributed by atoms with van der Waals surface area (Å²) >= 11 is 3.17. The van der Waals surface area contributed by atoms with Gasteiger partial charge in [-0.3, -0.25) is 9.78 Å². The van der Waals surface area contributed by atoms with Crippen molar-refractivity contribution in [2.45, 2.75) is 6.18 Å². The lowest BCUT2D eigenvalue weighted by Crippen LogP contribution is -2.31. The number of rotatable bonds is 6. The standard InChI is InChI=1S/C22H15BrF3N3O3/c23-18-9-16(12-27-13-18)21(31)32-14-20(30)29(28-11-15-5-2-1-3-6-15)19-8-4-7-17(10-19)22(24,25)26/h1-13H,14H2. The highest BCUT2D eigenvalue weighted by molar-refractivity contribution is 9.10. The first-order valence-corrected chi connectivity index (χ1v) is 9.90. The second-order valence-corrected chi connectivity index (χ2v) is 7.29. The van der Waals surface area contributed by atoms with E-state index in [1.54, 1.807) is 30.3 Å². The number of carbonyl (C=O) groups is 2. The summed E-state index contributed by atoms with van der Waals surface area (Å²) in [5.74, 6) is -1.66. The molecule has 0 atom stereocenters. The summed E-state index contributed by atoms with van der Waals surface area (Å²) in [7, 11) is 0. The number of ether oxygens (including phenoxy) is 1. The van der Waals surface area contributed by atoms with Gasteiger partial charge < -0.3 is 4.74 Å². The number of halogens is 4. The molecule has 2 aromatic carbocycles. The van der Waals surface area contributed by atoms with Crippen LogP contribution < -0.4 is 5.01 Å². The monoisotopic (exact) mass is 505 g/mol. The van der Waals surface area contributed by atoms with E-state index in [0.717, 1.165) is 23.2 Å². The smallest absolute Gasteiger partial charge is 0.416 e. The van der Waals surface area contributed by atoms with E-state index in [4.69, 9.17) is 4.74 Å². The molecule has 10 heteroatoms. The van der Waals surface area contributed by atoms with Gasteiger partial charge in [0.15, 0.2) is 6.61 Å². The van der Waals surface area contributed by atoms with Crippen LogP contribution >= 0.6 is 15.9 Å². The predicted octanol–water partition coefficient (Wildman–Crippen LogP) is 5.09. The maximum Gasteiger partial charge on any atom is 0.416 e. The SMILES string of the molecule is O=C(OCC(=O)N(N=Cc1ccccc1)c1cccc(C(F)(F)F)c1)c1cncc(Br)c1. The first-order chi connectivity index (χ1) is 15.2. The molecule has 3 aromatic rings. The molecule has 0 unspecified atom stereocenters. The minimum absolute atomic E-state index is 0.102. The minimum atomic E-state index is -4.60. The summed E-state index contributed by atoms with van der Waals surface area (Å²) in [5, 5.41) is 4.79. The second-order valence-electron chi connectivity index (χ2n) is 6.38. The number of nitrogens with zero attached hydrogens (tertiary/aromatic N) is 3. The van der Waals surface area contributed by atoms with Gasteiger partial charge in [0, 0.05) is 16.9 Å². The van der Waals surface area contributed by atoms with Gasteiger partial charge in [0.2, 0.25) is 0 Å². The lowest BCUT2D eigenvalue weighted by molar-refractivity contribution is -0.137. The van der Waals surface area contributed by atoms with E-state index < -0.39 is 30.2 Å². The molecule has 3 rings (SSSR count). The molecule has 1 amide bonds. The summed E-state index contributed by atoms with van der Waals surface area (Å²) in [6.45, 7) is -0.742. The van der Waals surface area contributed by atoms with Crippen LogP contribution in [0.25, 0.3) is 0 Å². The molecule has 32 heavy (non-hydrogen) atoms. The zero-order chi connectivity index (χ0) is 23.1. The van der Waals surface area contributed by atoms with Crippen LogP contribution in [-0.4, -0.2) is 29.7 Å². The molecule has 0 bridgehead atoms. The molecule has 0 saturated heterocycles. The van der Waals surface area contributed by atoms with Crippen LogP contribution in [0.2, 0.25) is 0 Å². The Morgan fingerprint density at radius 2 is 1.81 bits per heavy atom. The van der Waals surface area contributed by atoms with Crippen LogP contribution in [0, 0.1) is 0 Å². The van der Waals surface area contributed by atoms with E-state index in [2.05, 4.69) is 26.0 Å². The molecule has 0 radical (unpaired) electrons. The Labute approximate surface area is 189 Å². The third kappa shape index (κ3) is 6.24. The molecule has 164 valence electrons. The highest BCUT2D eigenvalue weighted by atomic mass is 79.9. The fourth-order valence-corrected chi connectivity index (χ4v) is 2.91. The lowest BCUT2D eigenvalue weighted by atomic mass is 10.2. The third-order valence-electron chi connectivity index (χ3n) is 4.04. The number of aromatic nitrogens is 1. The van der Waals surface area contributed by atoms with Gasteiger partial charge in [-0.15, -0.1) is 0 Å². The Bertz CT molecular complexity index is 1140. The largest absolute Gasteiger partial charge is 0.452 e. The van der Waals surface area contributed by atoms with Crippen molar-refractivity contribution in [3.8, 4) is 0 Å². The summed E-state index contributed by atoms with van der Waals surface area (Å²) in [6, 6.07) is 14.3. The Hall–Kier alpha value is -3.53. The molecule has 6 nitrogen and oxygen atoms in total. The van der Waals surface area contributed by atoms with Crippen LogP contribution in [-0.2, 0) is 15.7 Å². The van der Waals surface area contributed by atoms with Crippen molar-refractivity contribution < 1.29 is 27.5 Å². The number of pyridine rings is 1. The van der Waals surface area contributed by atoms with Gasteiger partial charge in [0.25, 0.3) is 5.91 Å². The normalized spacial score (nSPS) is 11.4. The van der Waals surface area contributed by atoms with Crippen LogP contribution in [0.4, 0.5) is 18.9 Å². The number of esters is 1. The summed E-state index contributed by atoms with van der Waals surface area (Å²) in [4.78, 5) is 28.8. The van der Waals surface area contributed by atoms with E-state index in [9.17, 15) is 22.8 Å². The zero-order valence-corrected chi connectivity index (χ0v) is 17.9. The van der Waals surface area contributed by atoms with Crippen molar-refractivity contribution in [2.24, 2.45) is 5.10 Å². The zero-order valence-electron chi connectivity index (χ0n) is 16.3. The highest BCUT2D eigenvalue weighted by Gasteiger charge is 2.31. The average Bonchev–Trinajstić information content (AvgIpc) is 2.78. The lowest BCUT2D eigenvalue weighted by Gasteiger charge is -2.18.